The summed E-state index contributed by atoms with van der Waals surface area (Å²) in [4.78, 5) is 10.9. The number of aryl methyl sites for hydroxylation is 1. The number of rotatable bonds is 3. The van der Waals surface area contributed by atoms with Gasteiger partial charge in [-0.1, -0.05) is 12.1 Å². The molecule has 0 heterocycles. The topological polar surface area (TPSA) is 87.7 Å². The van der Waals surface area contributed by atoms with Crippen LogP contribution in [0.15, 0.2) is 23.3 Å². The molecular weight excluding hydrogens is 226 g/mol. The third kappa shape index (κ3) is 3.32. The van der Waals surface area contributed by atoms with Crippen LogP contribution in [0.2, 0.25) is 0 Å². The van der Waals surface area contributed by atoms with Crippen LogP contribution >= 0.6 is 12.2 Å². The predicted molar refractivity (Wildman–Crippen MR) is 65.7 cm³/mol. The van der Waals surface area contributed by atoms with Gasteiger partial charge < -0.3 is 10.8 Å². The van der Waals surface area contributed by atoms with Crippen molar-refractivity contribution in [3.63, 3.8) is 0 Å². The van der Waals surface area contributed by atoms with Crippen molar-refractivity contribution in [2.45, 2.75) is 6.92 Å². The first-order valence-electron chi connectivity index (χ1n) is 4.43. The molecule has 0 aromatic heterocycles. The van der Waals surface area contributed by atoms with Gasteiger partial charge in [0.25, 0.3) is 0 Å². The lowest BCUT2D eigenvalue weighted by atomic mass is 10.1. The summed E-state index contributed by atoms with van der Waals surface area (Å²) in [7, 11) is 0. The number of hydrazone groups is 1. The van der Waals surface area contributed by atoms with Crippen LogP contribution in [0.25, 0.3) is 0 Å². The maximum atomic E-state index is 10.9. The fourth-order valence-electron chi connectivity index (χ4n) is 1.12. The fraction of sp³-hybridized carbons (Fsp3) is 0.100. The second-order valence-corrected chi connectivity index (χ2v) is 3.55. The number of benzene rings is 1. The van der Waals surface area contributed by atoms with Crippen LogP contribution in [0.4, 0.5) is 0 Å². The van der Waals surface area contributed by atoms with Crippen molar-refractivity contribution in [2.75, 3.05) is 0 Å². The molecule has 0 saturated carbocycles. The molecule has 4 N–H and O–H groups in total. The molecule has 5 nitrogen and oxygen atoms in total. The van der Waals surface area contributed by atoms with Crippen LogP contribution in [0.1, 0.15) is 21.5 Å². The number of carboxylic acids is 1. The lowest BCUT2D eigenvalue weighted by Gasteiger charge is -2.01. The molecule has 0 atom stereocenters. The van der Waals surface area contributed by atoms with E-state index in [1.807, 2.05) is 0 Å². The van der Waals surface area contributed by atoms with E-state index in [0.717, 1.165) is 0 Å². The Labute approximate surface area is 98.0 Å². The molecule has 16 heavy (non-hydrogen) atoms. The summed E-state index contributed by atoms with van der Waals surface area (Å²) in [5.41, 5.74) is 9.17. The van der Waals surface area contributed by atoms with E-state index in [-0.39, 0.29) is 10.7 Å². The third-order valence-electron chi connectivity index (χ3n) is 1.88. The predicted octanol–water partition coefficient (Wildman–Crippen LogP) is 0.860. The van der Waals surface area contributed by atoms with Crippen LogP contribution in [-0.2, 0) is 0 Å². The van der Waals surface area contributed by atoms with Crippen molar-refractivity contribution >= 4 is 29.5 Å². The van der Waals surface area contributed by atoms with E-state index in [4.69, 9.17) is 10.8 Å². The van der Waals surface area contributed by atoms with E-state index in [1.165, 1.54) is 12.3 Å². The van der Waals surface area contributed by atoms with Crippen molar-refractivity contribution in [1.29, 1.82) is 0 Å². The molecule has 0 aliphatic rings. The van der Waals surface area contributed by atoms with Gasteiger partial charge in [-0.05, 0) is 36.3 Å². The Hall–Kier alpha value is -1.95. The Bertz CT molecular complexity index is 457. The Morgan fingerprint density at radius 3 is 2.88 bits per heavy atom. The number of hydrogen-bond donors (Lipinski definition) is 3. The van der Waals surface area contributed by atoms with E-state index in [9.17, 15) is 4.79 Å². The van der Waals surface area contributed by atoms with Gasteiger partial charge in [0.2, 0.25) is 0 Å². The molecule has 0 fully saturated rings. The fourth-order valence-corrected chi connectivity index (χ4v) is 1.17. The first-order valence-corrected chi connectivity index (χ1v) is 4.84. The van der Waals surface area contributed by atoms with E-state index in [2.05, 4.69) is 22.7 Å². The number of nitrogens with one attached hydrogen (secondary N) is 1. The normalized spacial score (nSPS) is 10.3. The van der Waals surface area contributed by atoms with Gasteiger partial charge in [0, 0.05) is 0 Å². The van der Waals surface area contributed by atoms with E-state index in [1.54, 1.807) is 19.1 Å². The average Bonchev–Trinajstić information content (AvgIpc) is 2.19. The monoisotopic (exact) mass is 237 g/mol. The van der Waals surface area contributed by atoms with E-state index >= 15 is 0 Å². The highest BCUT2D eigenvalue weighted by Gasteiger charge is 2.06. The molecule has 0 bridgehead atoms. The molecule has 0 spiro atoms. The van der Waals surface area contributed by atoms with Gasteiger partial charge >= 0.3 is 5.97 Å². The molecule has 1 aromatic rings. The minimum absolute atomic E-state index is 0.0572. The standard InChI is InChI=1S/C10H11N3O2S/c1-6-2-3-7(4-8(6)9(14)15)5-12-13-10(11)16/h2-5H,1H3,(H,14,15)(H3,11,13,16). The van der Waals surface area contributed by atoms with Gasteiger partial charge in [0.15, 0.2) is 5.11 Å². The summed E-state index contributed by atoms with van der Waals surface area (Å²) in [5, 5.41) is 12.7. The maximum Gasteiger partial charge on any atom is 0.335 e. The molecule has 6 heteroatoms. The zero-order chi connectivity index (χ0) is 12.1. The van der Waals surface area contributed by atoms with Gasteiger partial charge in [0.05, 0.1) is 11.8 Å². The summed E-state index contributed by atoms with van der Waals surface area (Å²) in [6, 6.07) is 5.00. The number of carbonyl (C=O) groups is 1. The van der Waals surface area contributed by atoms with Crippen LogP contribution < -0.4 is 11.2 Å². The largest absolute Gasteiger partial charge is 0.478 e. The van der Waals surface area contributed by atoms with Crippen molar-refractivity contribution in [2.24, 2.45) is 10.8 Å². The van der Waals surface area contributed by atoms with E-state index < -0.39 is 5.97 Å². The number of nitrogens with two attached hydrogens (primary N) is 1. The number of thiocarbonyl (C=S) groups is 1. The van der Waals surface area contributed by atoms with Crippen molar-refractivity contribution < 1.29 is 9.90 Å². The van der Waals surface area contributed by atoms with Crippen molar-refractivity contribution in [1.82, 2.24) is 5.43 Å². The molecule has 84 valence electrons. The third-order valence-corrected chi connectivity index (χ3v) is 1.97. The van der Waals surface area contributed by atoms with Crippen LogP contribution in [0, 0.1) is 6.92 Å². The van der Waals surface area contributed by atoms with Crippen LogP contribution in [-0.4, -0.2) is 22.4 Å². The summed E-state index contributed by atoms with van der Waals surface area (Å²) >= 11 is 4.56. The van der Waals surface area contributed by atoms with Gasteiger partial charge in [-0.15, -0.1) is 0 Å². The van der Waals surface area contributed by atoms with Crippen LogP contribution in [0.3, 0.4) is 0 Å². The number of hydrogen-bond acceptors (Lipinski definition) is 3. The minimum atomic E-state index is -0.963. The number of aromatic carboxylic acids is 1. The Morgan fingerprint density at radius 2 is 2.31 bits per heavy atom. The van der Waals surface area contributed by atoms with E-state index in [0.29, 0.717) is 11.1 Å². The first kappa shape index (κ1) is 12.1. The molecule has 0 saturated heterocycles. The molecule has 1 aromatic carbocycles. The smallest absolute Gasteiger partial charge is 0.335 e. The summed E-state index contributed by atoms with van der Waals surface area (Å²) < 4.78 is 0. The summed E-state index contributed by atoms with van der Waals surface area (Å²) in [6.45, 7) is 1.73. The molecule has 0 aliphatic heterocycles. The number of carboxylic acid groups (broad SMARTS) is 1. The van der Waals surface area contributed by atoms with Gasteiger partial charge in [-0.25, -0.2) is 4.79 Å². The maximum absolute atomic E-state index is 10.9. The highest BCUT2D eigenvalue weighted by atomic mass is 32.1. The Kier molecular flexibility index (Phi) is 3.96. The average molecular weight is 237 g/mol. The zero-order valence-electron chi connectivity index (χ0n) is 8.60. The molecule has 1 rings (SSSR count). The first-order chi connectivity index (χ1) is 7.50. The molecule has 0 amide bonds. The highest BCUT2D eigenvalue weighted by molar-refractivity contribution is 7.80. The summed E-state index contributed by atoms with van der Waals surface area (Å²) in [6.07, 6.45) is 1.45. The van der Waals surface area contributed by atoms with Crippen LogP contribution in [0.5, 0.6) is 0 Å². The Morgan fingerprint density at radius 1 is 1.62 bits per heavy atom. The second kappa shape index (κ2) is 5.22. The molecule has 0 aliphatic carbocycles. The SMILES string of the molecule is Cc1ccc(C=NNC(N)=S)cc1C(=O)O. The summed E-state index contributed by atoms with van der Waals surface area (Å²) in [5.74, 6) is -0.963. The molecule has 0 radical (unpaired) electrons. The molecule has 0 unspecified atom stereocenters. The van der Waals surface area contributed by atoms with Gasteiger partial charge in [-0.3, -0.25) is 5.43 Å². The zero-order valence-corrected chi connectivity index (χ0v) is 9.41. The van der Waals surface area contributed by atoms with Crippen molar-refractivity contribution in [3.8, 4) is 0 Å². The molecular formula is C10H11N3O2S. The lowest BCUT2D eigenvalue weighted by Crippen LogP contribution is -2.24. The number of nitrogens with zero attached hydrogens (tertiary/aromatic N) is 1. The second-order valence-electron chi connectivity index (χ2n) is 3.11. The quantitative estimate of drug-likeness (QED) is 0.412. The highest BCUT2D eigenvalue weighted by Crippen LogP contribution is 2.09. The minimum Gasteiger partial charge on any atom is -0.478 e. The lowest BCUT2D eigenvalue weighted by molar-refractivity contribution is 0.0696. The van der Waals surface area contributed by atoms with Gasteiger partial charge in [0.1, 0.15) is 0 Å². The van der Waals surface area contributed by atoms with Crippen molar-refractivity contribution in [3.05, 3.63) is 34.9 Å². The van der Waals surface area contributed by atoms with Gasteiger partial charge in [-0.2, -0.15) is 5.10 Å². The Balaban J connectivity index is 2.91.